The number of para-hydroxylation sites is 1. The maximum absolute atomic E-state index is 13.3. The first-order chi connectivity index (χ1) is 17.1. The van der Waals surface area contributed by atoms with Gasteiger partial charge in [0.15, 0.2) is 5.78 Å². The lowest BCUT2D eigenvalue weighted by molar-refractivity contribution is -0.126. The van der Waals surface area contributed by atoms with Gasteiger partial charge >= 0.3 is 0 Å². The molecule has 0 bridgehead atoms. The zero-order valence-electron chi connectivity index (χ0n) is 21.1. The number of aromatic nitrogens is 2. The largest absolute Gasteiger partial charge is 0.340 e. The Morgan fingerprint density at radius 2 is 1.75 bits per heavy atom. The van der Waals surface area contributed by atoms with E-state index in [0.717, 1.165) is 33.3 Å². The van der Waals surface area contributed by atoms with Crippen LogP contribution in [0.25, 0.3) is 10.9 Å². The highest BCUT2D eigenvalue weighted by Gasteiger charge is 2.21. The van der Waals surface area contributed by atoms with Gasteiger partial charge in [-0.2, -0.15) is 0 Å². The molecule has 5 nitrogen and oxygen atoms in total. The van der Waals surface area contributed by atoms with E-state index in [9.17, 15) is 9.59 Å². The average Bonchev–Trinajstić information content (AvgIpc) is 2.83. The van der Waals surface area contributed by atoms with Gasteiger partial charge in [0.2, 0.25) is 0 Å². The minimum Gasteiger partial charge on any atom is -0.340 e. The molecule has 0 radical (unpaired) electrons. The third kappa shape index (κ3) is 5.97. The second kappa shape index (κ2) is 10.6. The quantitative estimate of drug-likeness (QED) is 0.257. The fraction of sp³-hybridized carbons (Fsp3) is 0.267. The number of ketones is 2. The van der Waals surface area contributed by atoms with Gasteiger partial charge in [-0.3, -0.25) is 9.59 Å². The Balaban J connectivity index is 1.57. The molecule has 0 aliphatic rings. The highest BCUT2D eigenvalue weighted by atomic mass is 35.5. The molecule has 0 fully saturated rings. The lowest BCUT2D eigenvalue weighted by Gasteiger charge is -2.16. The fourth-order valence-electron chi connectivity index (χ4n) is 4.09. The molecule has 0 aliphatic heterocycles. The Morgan fingerprint density at radius 1 is 0.972 bits per heavy atom. The van der Waals surface area contributed by atoms with Crippen LogP contribution in [0.1, 0.15) is 54.2 Å². The van der Waals surface area contributed by atoms with Crippen molar-refractivity contribution in [2.24, 2.45) is 5.41 Å². The molecule has 0 unspecified atom stereocenters. The Bertz CT molecular complexity index is 1440. The number of halogens is 1. The standard InChI is InChI=1S/C30H30ClN3O2/c1-19-7-5-9-22(15-19)34-29-23-10-6-8-21(28(23)32-18-33-29)17-26(35)24-16-20(11-13-25(24)31)12-14-27(36)30(2,3)4/h5-11,13,15-16,18H,12,14,17H2,1-4H3,(H,32,33,34). The van der Waals surface area contributed by atoms with E-state index < -0.39 is 0 Å². The predicted molar refractivity (Wildman–Crippen MR) is 146 cm³/mol. The number of aryl methyl sites for hydroxylation is 2. The normalized spacial score (nSPS) is 11.5. The third-order valence-electron chi connectivity index (χ3n) is 6.19. The molecular weight excluding hydrogens is 470 g/mol. The van der Waals surface area contributed by atoms with Crippen molar-refractivity contribution in [1.82, 2.24) is 9.97 Å². The lowest BCUT2D eigenvalue weighted by Crippen LogP contribution is -2.20. The number of nitrogens with zero attached hydrogens (tertiary/aromatic N) is 2. The third-order valence-corrected chi connectivity index (χ3v) is 6.52. The van der Waals surface area contributed by atoms with Crippen LogP contribution in [0.5, 0.6) is 0 Å². The van der Waals surface area contributed by atoms with E-state index >= 15 is 0 Å². The highest BCUT2D eigenvalue weighted by Crippen LogP contribution is 2.28. The molecule has 6 heteroatoms. The summed E-state index contributed by atoms with van der Waals surface area (Å²) in [6, 6.07) is 19.2. The van der Waals surface area contributed by atoms with Crippen molar-refractivity contribution in [3.8, 4) is 0 Å². The van der Waals surface area contributed by atoms with Crippen molar-refractivity contribution in [2.75, 3.05) is 5.32 Å². The molecule has 1 N–H and O–H groups in total. The molecule has 36 heavy (non-hydrogen) atoms. The van der Waals surface area contributed by atoms with Crippen molar-refractivity contribution in [3.05, 3.63) is 94.3 Å². The van der Waals surface area contributed by atoms with Crippen LogP contribution in [0.3, 0.4) is 0 Å². The number of nitrogens with one attached hydrogen (secondary N) is 1. The predicted octanol–water partition coefficient (Wildman–Crippen LogP) is 7.31. The average molecular weight is 500 g/mol. The van der Waals surface area contributed by atoms with E-state index in [1.165, 1.54) is 6.33 Å². The Morgan fingerprint density at radius 3 is 2.50 bits per heavy atom. The van der Waals surface area contributed by atoms with Crippen LogP contribution in [0, 0.1) is 12.3 Å². The van der Waals surface area contributed by atoms with Crippen LogP contribution in [0.15, 0.2) is 67.0 Å². The lowest BCUT2D eigenvalue weighted by atomic mass is 9.87. The first-order valence-corrected chi connectivity index (χ1v) is 12.4. The van der Waals surface area contributed by atoms with Crippen molar-refractivity contribution < 1.29 is 9.59 Å². The van der Waals surface area contributed by atoms with Gasteiger partial charge in [0.25, 0.3) is 0 Å². The van der Waals surface area contributed by atoms with E-state index in [1.54, 1.807) is 6.07 Å². The van der Waals surface area contributed by atoms with Crippen molar-refractivity contribution in [3.63, 3.8) is 0 Å². The number of rotatable bonds is 8. The molecule has 4 aromatic rings. The molecule has 4 rings (SSSR count). The maximum Gasteiger partial charge on any atom is 0.168 e. The van der Waals surface area contributed by atoms with Crippen molar-refractivity contribution in [2.45, 2.75) is 47.0 Å². The van der Waals surface area contributed by atoms with E-state index in [-0.39, 0.29) is 23.4 Å². The summed E-state index contributed by atoms with van der Waals surface area (Å²) in [5.74, 6) is 0.780. The summed E-state index contributed by atoms with van der Waals surface area (Å²) < 4.78 is 0. The van der Waals surface area contributed by atoms with Crippen LogP contribution in [-0.2, 0) is 17.6 Å². The number of hydrogen-bond acceptors (Lipinski definition) is 5. The topological polar surface area (TPSA) is 72.0 Å². The molecule has 0 spiro atoms. The van der Waals surface area contributed by atoms with E-state index in [0.29, 0.717) is 29.2 Å². The summed E-state index contributed by atoms with van der Waals surface area (Å²) in [4.78, 5) is 34.6. The van der Waals surface area contributed by atoms with Crippen molar-refractivity contribution >= 4 is 45.6 Å². The van der Waals surface area contributed by atoms with Gasteiger partial charge in [-0.15, -0.1) is 0 Å². The summed E-state index contributed by atoms with van der Waals surface area (Å²) in [7, 11) is 0. The van der Waals surface area contributed by atoms with Crippen LogP contribution < -0.4 is 5.32 Å². The second-order valence-electron chi connectivity index (χ2n) is 10.1. The Labute approximate surface area is 216 Å². The van der Waals surface area contributed by atoms with Gasteiger partial charge in [0, 0.05) is 34.9 Å². The summed E-state index contributed by atoms with van der Waals surface area (Å²) in [5, 5.41) is 4.61. The van der Waals surface area contributed by atoms with Gasteiger partial charge in [-0.1, -0.05) is 62.7 Å². The molecule has 0 atom stereocenters. The van der Waals surface area contributed by atoms with E-state index in [1.807, 2.05) is 82.3 Å². The second-order valence-corrected chi connectivity index (χ2v) is 10.5. The minimum absolute atomic E-state index is 0.0942. The molecule has 0 amide bonds. The summed E-state index contributed by atoms with van der Waals surface area (Å²) in [6.45, 7) is 7.79. The molecule has 0 saturated carbocycles. The molecular formula is C30H30ClN3O2. The van der Waals surface area contributed by atoms with Crippen LogP contribution in [0.2, 0.25) is 5.02 Å². The number of fused-ring (bicyclic) bond motifs is 1. The van der Waals surface area contributed by atoms with Crippen LogP contribution >= 0.6 is 11.6 Å². The SMILES string of the molecule is Cc1cccc(Nc2ncnc3c(CC(=O)c4cc(CCC(=O)C(C)(C)C)ccc4Cl)cccc23)c1. The van der Waals surface area contributed by atoms with Crippen LogP contribution in [-0.4, -0.2) is 21.5 Å². The molecule has 0 aliphatic carbocycles. The van der Waals surface area contributed by atoms with Gasteiger partial charge < -0.3 is 5.32 Å². The van der Waals surface area contributed by atoms with Gasteiger partial charge in [-0.05, 0) is 60.4 Å². The summed E-state index contributed by atoms with van der Waals surface area (Å²) in [5.41, 5.74) is 4.60. The Kier molecular flexibility index (Phi) is 7.51. The summed E-state index contributed by atoms with van der Waals surface area (Å²) in [6.07, 6.45) is 2.66. The van der Waals surface area contributed by atoms with Crippen molar-refractivity contribution in [1.29, 1.82) is 0 Å². The molecule has 0 saturated heterocycles. The van der Waals surface area contributed by atoms with Gasteiger partial charge in [0.05, 0.1) is 10.5 Å². The maximum atomic E-state index is 13.3. The highest BCUT2D eigenvalue weighted by molar-refractivity contribution is 6.34. The monoisotopic (exact) mass is 499 g/mol. The zero-order valence-corrected chi connectivity index (χ0v) is 21.8. The number of hydrogen-bond donors (Lipinski definition) is 1. The first-order valence-electron chi connectivity index (χ1n) is 12.0. The number of Topliss-reactive ketones (excluding diaryl/α,β-unsaturated/α-hetero) is 2. The first kappa shape index (κ1) is 25.5. The van der Waals surface area contributed by atoms with Gasteiger partial charge in [0.1, 0.15) is 17.9 Å². The van der Waals surface area contributed by atoms with E-state index in [2.05, 4.69) is 15.3 Å². The number of anilines is 2. The molecule has 184 valence electrons. The Hall–Kier alpha value is -3.57. The summed E-state index contributed by atoms with van der Waals surface area (Å²) >= 11 is 6.42. The minimum atomic E-state index is -0.381. The smallest absolute Gasteiger partial charge is 0.168 e. The molecule has 1 aromatic heterocycles. The number of benzene rings is 3. The van der Waals surface area contributed by atoms with Crippen LogP contribution in [0.4, 0.5) is 11.5 Å². The number of carbonyl (C=O) groups is 2. The fourth-order valence-corrected chi connectivity index (χ4v) is 4.32. The van der Waals surface area contributed by atoms with E-state index in [4.69, 9.17) is 11.6 Å². The molecule has 3 aromatic carbocycles. The molecule has 1 heterocycles. The zero-order chi connectivity index (χ0) is 25.9. The number of carbonyl (C=O) groups excluding carboxylic acids is 2. The van der Waals surface area contributed by atoms with Gasteiger partial charge in [-0.25, -0.2) is 9.97 Å².